The van der Waals surface area contributed by atoms with Crippen LogP contribution in [0, 0.1) is 11.8 Å². The summed E-state index contributed by atoms with van der Waals surface area (Å²) in [6.45, 7) is 1.55. The van der Waals surface area contributed by atoms with Crippen LogP contribution in [-0.4, -0.2) is 24.5 Å². The van der Waals surface area contributed by atoms with Crippen molar-refractivity contribution in [1.29, 1.82) is 0 Å². The first-order valence-corrected chi connectivity index (χ1v) is 7.38. The summed E-state index contributed by atoms with van der Waals surface area (Å²) in [5.41, 5.74) is 0.493. The standard InChI is InChI=1S/C19H16O4/c1-11-16(19(22)14-9-5-6-10-15(14)23-2)18(21)13-8-4-3-7-12(13)17(11)20/h3-10,12-13H,1-2H3. The van der Waals surface area contributed by atoms with E-state index in [9.17, 15) is 14.4 Å². The highest BCUT2D eigenvalue weighted by atomic mass is 16.5. The maximum atomic E-state index is 12.9. The van der Waals surface area contributed by atoms with Crippen LogP contribution in [0.1, 0.15) is 17.3 Å². The Morgan fingerprint density at radius 1 is 1.00 bits per heavy atom. The van der Waals surface area contributed by atoms with E-state index in [0.717, 1.165) is 0 Å². The third-order valence-electron chi connectivity index (χ3n) is 4.31. The van der Waals surface area contributed by atoms with Crippen LogP contribution in [0.3, 0.4) is 0 Å². The molecule has 1 aromatic carbocycles. The smallest absolute Gasteiger partial charge is 0.200 e. The van der Waals surface area contributed by atoms with E-state index in [-0.39, 0.29) is 22.7 Å². The van der Waals surface area contributed by atoms with Gasteiger partial charge in [0.25, 0.3) is 0 Å². The van der Waals surface area contributed by atoms with Gasteiger partial charge in [-0.2, -0.15) is 0 Å². The van der Waals surface area contributed by atoms with Gasteiger partial charge in [0.2, 0.25) is 5.78 Å². The molecule has 0 bridgehead atoms. The highest BCUT2D eigenvalue weighted by Crippen LogP contribution is 2.35. The normalized spacial score (nSPS) is 23.0. The van der Waals surface area contributed by atoms with E-state index < -0.39 is 17.6 Å². The predicted molar refractivity (Wildman–Crippen MR) is 85.3 cm³/mol. The van der Waals surface area contributed by atoms with E-state index in [1.54, 1.807) is 55.5 Å². The van der Waals surface area contributed by atoms with Crippen LogP contribution < -0.4 is 4.74 Å². The maximum absolute atomic E-state index is 12.9. The average Bonchev–Trinajstić information content (AvgIpc) is 2.59. The zero-order chi connectivity index (χ0) is 16.6. The summed E-state index contributed by atoms with van der Waals surface area (Å²) in [4.78, 5) is 38.2. The molecule has 0 heterocycles. The fourth-order valence-electron chi connectivity index (χ4n) is 3.08. The molecule has 23 heavy (non-hydrogen) atoms. The average molecular weight is 308 g/mol. The molecular formula is C19H16O4. The van der Waals surface area contributed by atoms with Crippen LogP contribution in [0.15, 0.2) is 59.7 Å². The van der Waals surface area contributed by atoms with Gasteiger partial charge < -0.3 is 4.74 Å². The number of ketones is 3. The molecule has 1 aromatic rings. The van der Waals surface area contributed by atoms with Crippen molar-refractivity contribution in [1.82, 2.24) is 0 Å². The molecule has 2 atom stereocenters. The number of hydrogen-bond donors (Lipinski definition) is 0. The summed E-state index contributed by atoms with van der Waals surface area (Å²) in [5, 5.41) is 0. The number of Topliss-reactive ketones (excluding diaryl/α,β-unsaturated/α-hetero) is 3. The van der Waals surface area contributed by atoms with Crippen molar-refractivity contribution < 1.29 is 19.1 Å². The zero-order valence-electron chi connectivity index (χ0n) is 12.9. The first-order valence-electron chi connectivity index (χ1n) is 7.38. The van der Waals surface area contributed by atoms with E-state index in [4.69, 9.17) is 4.74 Å². The molecule has 0 aromatic heterocycles. The minimum Gasteiger partial charge on any atom is -0.496 e. The van der Waals surface area contributed by atoms with Gasteiger partial charge >= 0.3 is 0 Å². The van der Waals surface area contributed by atoms with Crippen molar-refractivity contribution >= 4 is 17.3 Å². The summed E-state index contributed by atoms with van der Waals surface area (Å²) in [7, 11) is 1.46. The van der Waals surface area contributed by atoms with E-state index in [2.05, 4.69) is 0 Å². The highest BCUT2D eigenvalue weighted by Gasteiger charge is 2.42. The Morgan fingerprint density at radius 2 is 1.61 bits per heavy atom. The number of benzene rings is 1. The van der Waals surface area contributed by atoms with E-state index in [1.807, 2.05) is 0 Å². The largest absolute Gasteiger partial charge is 0.496 e. The second-order valence-corrected chi connectivity index (χ2v) is 5.58. The van der Waals surface area contributed by atoms with Gasteiger partial charge in [0, 0.05) is 5.57 Å². The van der Waals surface area contributed by atoms with Crippen LogP contribution in [0.4, 0.5) is 0 Å². The van der Waals surface area contributed by atoms with Crippen LogP contribution >= 0.6 is 0 Å². The van der Waals surface area contributed by atoms with E-state index in [0.29, 0.717) is 11.3 Å². The number of fused-ring (bicyclic) bond motifs is 1. The van der Waals surface area contributed by atoms with Crippen LogP contribution in [0.2, 0.25) is 0 Å². The van der Waals surface area contributed by atoms with Gasteiger partial charge in [0.15, 0.2) is 11.6 Å². The van der Waals surface area contributed by atoms with E-state index in [1.165, 1.54) is 7.11 Å². The van der Waals surface area contributed by atoms with Crippen molar-refractivity contribution in [3.63, 3.8) is 0 Å². The van der Waals surface area contributed by atoms with Crippen LogP contribution in [0.5, 0.6) is 5.75 Å². The van der Waals surface area contributed by atoms with Gasteiger partial charge in [-0.15, -0.1) is 0 Å². The minimum atomic E-state index is -0.593. The molecule has 4 heteroatoms. The molecule has 0 saturated carbocycles. The number of ether oxygens (including phenoxy) is 1. The lowest BCUT2D eigenvalue weighted by Gasteiger charge is -2.28. The van der Waals surface area contributed by atoms with Crippen molar-refractivity contribution in [3.8, 4) is 5.75 Å². The molecular weight excluding hydrogens is 292 g/mol. The van der Waals surface area contributed by atoms with Crippen LogP contribution in [-0.2, 0) is 9.59 Å². The first-order chi connectivity index (χ1) is 11.1. The second kappa shape index (κ2) is 5.80. The molecule has 2 aliphatic rings. The van der Waals surface area contributed by atoms with Gasteiger partial charge in [-0.25, -0.2) is 0 Å². The van der Waals surface area contributed by atoms with Gasteiger partial charge in [0.1, 0.15) is 5.75 Å². The molecule has 0 amide bonds. The Bertz CT molecular complexity index is 795. The number of carbonyl (C=O) groups is 3. The summed E-state index contributed by atoms with van der Waals surface area (Å²) in [5.74, 6) is -1.64. The SMILES string of the molecule is COc1ccccc1C(=O)C1=C(C)C(=O)C2C=CC=CC2C1=O. The van der Waals surface area contributed by atoms with Crippen LogP contribution in [0.25, 0.3) is 0 Å². The Kier molecular flexibility index (Phi) is 3.82. The molecule has 2 unspecified atom stereocenters. The molecule has 0 radical (unpaired) electrons. The topological polar surface area (TPSA) is 60.4 Å². The molecule has 0 saturated heterocycles. The third kappa shape index (κ3) is 2.36. The fraction of sp³-hybridized carbons (Fsp3) is 0.211. The summed E-state index contributed by atoms with van der Waals surface area (Å²) in [6.07, 6.45) is 6.90. The predicted octanol–water partition coefficient (Wildman–Crippen LogP) is 2.70. The Morgan fingerprint density at radius 3 is 2.26 bits per heavy atom. The number of allylic oxidation sites excluding steroid dienone is 6. The zero-order valence-corrected chi connectivity index (χ0v) is 12.9. The molecule has 116 valence electrons. The molecule has 0 fully saturated rings. The number of para-hydroxylation sites is 1. The Balaban J connectivity index is 2.11. The first kappa shape index (κ1) is 15.2. The molecule has 3 rings (SSSR count). The van der Waals surface area contributed by atoms with Gasteiger partial charge in [0.05, 0.1) is 30.1 Å². The molecule has 0 spiro atoms. The summed E-state index contributed by atoms with van der Waals surface area (Å²) in [6, 6.07) is 6.70. The monoisotopic (exact) mass is 308 g/mol. The van der Waals surface area contributed by atoms with Gasteiger partial charge in [-0.05, 0) is 19.1 Å². The van der Waals surface area contributed by atoms with Gasteiger partial charge in [-0.1, -0.05) is 36.4 Å². The summed E-state index contributed by atoms with van der Waals surface area (Å²) < 4.78 is 5.20. The minimum absolute atomic E-state index is 0.0271. The molecule has 0 N–H and O–H groups in total. The molecule has 2 aliphatic carbocycles. The van der Waals surface area contributed by atoms with Gasteiger partial charge in [-0.3, -0.25) is 14.4 Å². The molecule has 4 nitrogen and oxygen atoms in total. The van der Waals surface area contributed by atoms with Crippen molar-refractivity contribution in [2.24, 2.45) is 11.8 Å². The lowest BCUT2D eigenvalue weighted by atomic mass is 9.71. The Labute approximate surface area is 134 Å². The highest BCUT2D eigenvalue weighted by molar-refractivity contribution is 6.33. The molecule has 0 aliphatic heterocycles. The lowest BCUT2D eigenvalue weighted by molar-refractivity contribution is -0.127. The van der Waals surface area contributed by atoms with Crippen molar-refractivity contribution in [3.05, 3.63) is 65.3 Å². The van der Waals surface area contributed by atoms with Crippen molar-refractivity contribution in [2.75, 3.05) is 7.11 Å². The Hall–Kier alpha value is -2.75. The van der Waals surface area contributed by atoms with Crippen molar-refractivity contribution in [2.45, 2.75) is 6.92 Å². The quantitative estimate of drug-likeness (QED) is 0.636. The maximum Gasteiger partial charge on any atom is 0.200 e. The fourth-order valence-corrected chi connectivity index (χ4v) is 3.08. The lowest BCUT2D eigenvalue weighted by Crippen LogP contribution is -2.38. The number of rotatable bonds is 3. The third-order valence-corrected chi connectivity index (χ3v) is 4.31. The number of hydrogen-bond acceptors (Lipinski definition) is 4. The summed E-state index contributed by atoms with van der Waals surface area (Å²) >= 11 is 0. The van der Waals surface area contributed by atoms with E-state index >= 15 is 0 Å². The number of methoxy groups -OCH3 is 1. The second-order valence-electron chi connectivity index (χ2n) is 5.58. The number of carbonyl (C=O) groups excluding carboxylic acids is 3.